The SMILES string of the molecule is CC(=O)N1CCCC[C@H](CN[C@H](C=O)Cc2ccc(O)cc2)C(=O)N[C@@H](Cc2c[nH]c3ccccc23)C(=O)NC(CO)C(=O)N[C@@H](CCC(N)=O)C(=O)NC(Cc2ccc(O)cc2)C(=O)N[C@@H](CC(C)C)C(=O)N(CC(=O)N[C@@H](Cc2ccc(O)cc2)C(=O)O)CCCC1.CCC(=O)CC1CCCCN(C(C)=O)CCCCC(CCC(=O)OC(C)(C)C)C1=O. The highest BCUT2D eigenvalue weighted by atomic mass is 16.6. The van der Waals surface area contributed by atoms with Gasteiger partial charge in [0.15, 0.2) is 0 Å². The van der Waals surface area contributed by atoms with Crippen LogP contribution in [0.2, 0.25) is 0 Å². The van der Waals surface area contributed by atoms with E-state index < -0.39 is 133 Å². The second kappa shape index (κ2) is 51.5. The molecule has 10 atom stereocenters. The monoisotopic (exact) mass is 1720 g/mol. The molecule has 0 saturated carbocycles. The van der Waals surface area contributed by atoms with Crippen LogP contribution in [0.1, 0.15) is 193 Å². The molecule has 2 saturated heterocycles. The van der Waals surface area contributed by atoms with Crippen LogP contribution in [0, 0.1) is 23.7 Å². The number of ether oxygens (including phenoxy) is 1. The highest BCUT2D eigenvalue weighted by Crippen LogP contribution is 2.29. The number of aldehydes is 1. The van der Waals surface area contributed by atoms with Crippen LogP contribution in [-0.4, -0.2) is 234 Å². The van der Waals surface area contributed by atoms with Gasteiger partial charge >= 0.3 is 11.9 Å². The van der Waals surface area contributed by atoms with Crippen molar-refractivity contribution in [3.05, 3.63) is 126 Å². The van der Waals surface area contributed by atoms with Gasteiger partial charge < -0.3 is 97.7 Å². The van der Waals surface area contributed by atoms with Gasteiger partial charge in [-0.15, -0.1) is 0 Å². The zero-order valence-electron chi connectivity index (χ0n) is 72.6. The summed E-state index contributed by atoms with van der Waals surface area (Å²) in [6.07, 6.45) is 8.30. The van der Waals surface area contributed by atoms with Crippen molar-refractivity contribution in [3.8, 4) is 17.2 Å². The number of carbonyl (C=O) groups excluding carboxylic acids is 14. The van der Waals surface area contributed by atoms with Crippen molar-refractivity contribution in [2.24, 2.45) is 29.4 Å². The van der Waals surface area contributed by atoms with Crippen molar-refractivity contribution in [1.29, 1.82) is 0 Å². The molecule has 0 aliphatic carbocycles. The lowest BCUT2D eigenvalue weighted by atomic mass is 9.81. The number of nitrogens with one attached hydrogen (secondary N) is 8. The van der Waals surface area contributed by atoms with Crippen molar-refractivity contribution in [1.82, 2.24) is 56.9 Å². The zero-order chi connectivity index (χ0) is 91.2. The van der Waals surface area contributed by atoms with Crippen LogP contribution in [0.5, 0.6) is 17.2 Å². The lowest BCUT2D eigenvalue weighted by molar-refractivity contribution is -0.155. The largest absolute Gasteiger partial charge is 0.508 e. The topological polar surface area (TPSA) is 502 Å². The number of aromatic hydroxyl groups is 3. The average Bonchev–Trinajstić information content (AvgIpc) is 1.66. The lowest BCUT2D eigenvalue weighted by Crippen LogP contribution is -2.60. The fraction of sp³-hybridized carbons (Fsp3) is 0.549. The number of phenolic OH excluding ortho intramolecular Hbond substituents is 3. The van der Waals surface area contributed by atoms with E-state index in [4.69, 9.17) is 10.5 Å². The number of rotatable bonds is 28. The maximum Gasteiger partial charge on any atom is 0.326 e. The molecular weight excluding hydrogens is 1600 g/mol. The van der Waals surface area contributed by atoms with Crippen molar-refractivity contribution in [2.45, 2.75) is 245 Å². The number of aromatic nitrogens is 1. The van der Waals surface area contributed by atoms with Gasteiger partial charge in [0.25, 0.3) is 0 Å². The number of phenols is 3. The van der Waals surface area contributed by atoms with E-state index in [1.165, 1.54) is 67.6 Å². The first-order valence-electron chi connectivity index (χ1n) is 43.0. The van der Waals surface area contributed by atoms with E-state index in [-0.39, 0.29) is 155 Å². The number of aromatic amines is 1. The number of aliphatic carboxylic acids is 1. The molecule has 10 amide bonds. The van der Waals surface area contributed by atoms with E-state index >= 15 is 4.79 Å². The van der Waals surface area contributed by atoms with E-state index in [1.807, 2.05) is 38.7 Å². The fourth-order valence-corrected chi connectivity index (χ4v) is 15.0. The van der Waals surface area contributed by atoms with Crippen LogP contribution in [0.15, 0.2) is 103 Å². The number of nitrogens with two attached hydrogens (primary N) is 1. The lowest BCUT2D eigenvalue weighted by Gasteiger charge is -2.31. The number of ketones is 2. The summed E-state index contributed by atoms with van der Waals surface area (Å²) in [7, 11) is 0. The van der Waals surface area contributed by atoms with Crippen LogP contribution in [0.4, 0.5) is 0 Å². The Labute approximate surface area is 724 Å². The summed E-state index contributed by atoms with van der Waals surface area (Å²) in [5.41, 5.74) is 7.87. The van der Waals surface area contributed by atoms with E-state index in [1.54, 1.807) is 62.2 Å². The van der Waals surface area contributed by atoms with Gasteiger partial charge in [0.05, 0.1) is 25.1 Å². The van der Waals surface area contributed by atoms with Gasteiger partial charge in [-0.3, -0.25) is 62.3 Å². The molecule has 2 fully saturated rings. The van der Waals surface area contributed by atoms with Crippen LogP contribution >= 0.6 is 0 Å². The number of esters is 1. The number of Topliss-reactive ketones (excluding diaryl/α,β-unsaturated/α-hetero) is 2. The number of hydrogen-bond donors (Lipinski definition) is 14. The number of aliphatic hydroxyl groups is 1. The van der Waals surface area contributed by atoms with E-state index in [9.17, 15) is 92.7 Å². The molecule has 0 radical (unpaired) electrons. The summed E-state index contributed by atoms with van der Waals surface area (Å²) >= 11 is 0. The molecule has 678 valence electrons. The number of H-pyrrole nitrogens is 1. The predicted molar refractivity (Wildman–Crippen MR) is 462 cm³/mol. The van der Waals surface area contributed by atoms with E-state index in [0.29, 0.717) is 91.1 Å². The molecule has 33 nitrogen and oxygen atoms in total. The molecule has 33 heteroatoms. The molecular formula is C91H128N12O21. The number of para-hydroxylation sites is 1. The summed E-state index contributed by atoms with van der Waals surface area (Å²) in [5, 5.41) is 70.4. The van der Waals surface area contributed by atoms with E-state index in [2.05, 4.69) is 42.2 Å². The number of carboxylic acid groups (broad SMARTS) is 1. The van der Waals surface area contributed by atoms with Crippen molar-refractivity contribution in [3.63, 3.8) is 0 Å². The number of aliphatic hydroxyl groups excluding tert-OH is 1. The fourth-order valence-electron chi connectivity index (χ4n) is 15.0. The summed E-state index contributed by atoms with van der Waals surface area (Å²) in [6.45, 7) is 13.7. The Morgan fingerprint density at radius 2 is 1.06 bits per heavy atom. The molecule has 1 aromatic heterocycles. The van der Waals surface area contributed by atoms with Crippen molar-refractivity contribution in [2.75, 3.05) is 52.4 Å². The highest BCUT2D eigenvalue weighted by molar-refractivity contribution is 5.98. The maximum atomic E-state index is 15.1. The van der Waals surface area contributed by atoms with E-state index in [0.717, 1.165) is 30.6 Å². The van der Waals surface area contributed by atoms with Gasteiger partial charge in [0, 0.05) is 127 Å². The third kappa shape index (κ3) is 35.7. The average molecular weight is 1730 g/mol. The second-order valence-electron chi connectivity index (χ2n) is 33.6. The van der Waals surface area contributed by atoms with Gasteiger partial charge in [0.1, 0.15) is 77.0 Å². The smallest absolute Gasteiger partial charge is 0.326 e. The zero-order valence-corrected chi connectivity index (χ0v) is 72.6. The Kier molecular flexibility index (Phi) is 42.0. The Morgan fingerprint density at radius 3 is 1.60 bits per heavy atom. The number of nitrogens with zero attached hydrogens (tertiary/aromatic N) is 3. The van der Waals surface area contributed by atoms with Crippen LogP contribution in [0.3, 0.4) is 0 Å². The van der Waals surface area contributed by atoms with Gasteiger partial charge in [-0.25, -0.2) is 4.79 Å². The van der Waals surface area contributed by atoms with Gasteiger partial charge in [0.2, 0.25) is 59.1 Å². The molecule has 15 N–H and O–H groups in total. The number of amides is 10. The van der Waals surface area contributed by atoms with Crippen molar-refractivity contribution >= 4 is 99.8 Å². The molecule has 5 aromatic rings. The normalized spacial score (nSPS) is 20.8. The first-order valence-corrected chi connectivity index (χ1v) is 43.0. The van der Waals surface area contributed by atoms with Gasteiger partial charge in [-0.05, 0) is 168 Å². The number of carbonyl (C=O) groups is 15. The van der Waals surface area contributed by atoms with Crippen LogP contribution < -0.4 is 43.0 Å². The minimum atomic E-state index is -1.81. The Morgan fingerprint density at radius 1 is 0.581 bits per heavy atom. The molecule has 2 aliphatic heterocycles. The number of hydrogen-bond acceptors (Lipinski definition) is 21. The number of benzene rings is 4. The van der Waals surface area contributed by atoms with Crippen molar-refractivity contribution < 1.29 is 102 Å². The van der Waals surface area contributed by atoms with Gasteiger partial charge in [-0.1, -0.05) is 94.6 Å². The molecule has 0 bridgehead atoms. The third-order valence-corrected chi connectivity index (χ3v) is 21.9. The standard InChI is InChI=1S/C67H87N11O16.C24H41NO5/c1-40(2)30-56-66(92)78(37-60(86)71-57(67(93)94)33-44-17-23-50(84)24-18-44)29-9-8-28-77(41(3)81)27-7-6-10-45(35-69-47(38-79)31-42-13-19-48(82)20-14-42)61(87)73-55(34-46-36-70-52-12-5-4-11-51(46)52)64(90)76-58(39-80)65(91)72-53(25-26-59(68)85)62(88)74-54(63(89)75-56)32-43-15-21-49(83)22-16-43;1-6-21(27)17-20-12-8-10-16-25(18(2)26)15-9-7-11-19(23(20)29)13-14-22(28)30-24(3,4)5/h4-5,11-24,36,38,40,45,47,53-58,69-70,80,82-84H,6-10,25-35,37,39H2,1-3H3,(H2,68,85)(H,71,86)(H,72,91)(H,73,87)(H,74,88)(H,75,89)(H,76,90)(H,93,94);19-20H,6-17H2,1-5H3/t45-,47+,53+,54?,55+,56+,57+,58?;/m1./s1. The second-order valence-corrected chi connectivity index (χ2v) is 33.6. The number of fused-ring (bicyclic) bond motifs is 1. The maximum absolute atomic E-state index is 15.1. The minimum Gasteiger partial charge on any atom is -0.508 e. The Bertz CT molecular complexity index is 4380. The van der Waals surface area contributed by atoms with Crippen LogP contribution in [-0.2, 0) is 102 Å². The Hall–Kier alpha value is -11.6. The predicted octanol–water partition coefficient (Wildman–Crippen LogP) is 5.75. The quantitative estimate of drug-likeness (QED) is 0.0209. The molecule has 4 unspecified atom stereocenters. The summed E-state index contributed by atoms with van der Waals surface area (Å²) < 4.78 is 5.40. The highest BCUT2D eigenvalue weighted by Gasteiger charge is 2.38. The minimum absolute atomic E-state index is 0.0246. The third-order valence-electron chi connectivity index (χ3n) is 21.9. The molecule has 4 aromatic carbocycles. The van der Waals surface area contributed by atoms with Gasteiger partial charge in [-0.2, -0.15) is 0 Å². The molecule has 124 heavy (non-hydrogen) atoms. The molecule has 3 heterocycles. The number of primary amides is 1. The summed E-state index contributed by atoms with van der Waals surface area (Å²) in [5.74, 6) is -10.8. The molecule has 0 spiro atoms. The molecule has 7 rings (SSSR count). The summed E-state index contributed by atoms with van der Waals surface area (Å²) in [6, 6.07) is 14.6. The Balaban J connectivity index is 0.000000667. The molecule has 2 aliphatic rings. The first kappa shape index (κ1) is 101. The van der Waals surface area contributed by atoms with Crippen LogP contribution in [0.25, 0.3) is 10.9 Å². The number of carboxylic acids is 1. The summed E-state index contributed by atoms with van der Waals surface area (Å²) in [4.78, 5) is 210. The first-order chi connectivity index (χ1) is 58.9.